The van der Waals surface area contributed by atoms with E-state index in [0.717, 1.165) is 0 Å². The Balaban J connectivity index is 0. The maximum Gasteiger partial charge on any atom is 1.00 e. The summed E-state index contributed by atoms with van der Waals surface area (Å²) >= 11 is 0. The molecule has 0 atom stereocenters. The van der Waals surface area contributed by atoms with Crippen LogP contribution in [0.5, 0.6) is 0 Å². The van der Waals surface area contributed by atoms with E-state index in [9.17, 15) is 12.9 Å². The molecule has 0 amide bonds. The standard InChI is InChI=1S/C4H9BF3.K/c1-4(2)3-5(6,7)8;/h4H,3H2,1-2H3;/q-1;+1. The molecule has 0 aromatic heterocycles. The molecule has 0 aliphatic heterocycles. The van der Waals surface area contributed by atoms with E-state index < -0.39 is 13.3 Å². The number of hydrogen-bond acceptors (Lipinski definition) is 0. The summed E-state index contributed by atoms with van der Waals surface area (Å²) in [4.78, 5) is 0. The first kappa shape index (κ1) is 13.1. The summed E-state index contributed by atoms with van der Waals surface area (Å²) < 4.78 is 34.1. The van der Waals surface area contributed by atoms with Gasteiger partial charge in [-0.15, -0.1) is 0 Å². The summed E-state index contributed by atoms with van der Waals surface area (Å²) in [5.41, 5.74) is 0. The maximum atomic E-state index is 11.4. The van der Waals surface area contributed by atoms with Crippen LogP contribution < -0.4 is 51.4 Å². The Hall–Kier alpha value is 1.49. The van der Waals surface area contributed by atoms with E-state index in [-0.39, 0.29) is 57.3 Å². The van der Waals surface area contributed by atoms with Crippen molar-refractivity contribution in [1.29, 1.82) is 0 Å². The van der Waals surface area contributed by atoms with Gasteiger partial charge in [-0.1, -0.05) is 26.1 Å². The van der Waals surface area contributed by atoms with Gasteiger partial charge in [0.15, 0.2) is 0 Å². The zero-order valence-corrected chi connectivity index (χ0v) is 9.12. The minimum absolute atomic E-state index is 0. The SMILES string of the molecule is CC(C)C[B-](F)(F)F.[K+]. The average molecular weight is 164 g/mol. The van der Waals surface area contributed by atoms with Gasteiger partial charge in [-0.25, -0.2) is 0 Å². The van der Waals surface area contributed by atoms with Gasteiger partial charge in [0, 0.05) is 0 Å². The molecule has 0 aliphatic rings. The van der Waals surface area contributed by atoms with Gasteiger partial charge in [0.25, 0.3) is 0 Å². The van der Waals surface area contributed by atoms with Gasteiger partial charge in [0.1, 0.15) is 0 Å². The summed E-state index contributed by atoms with van der Waals surface area (Å²) in [6.45, 7) is -1.41. The molecule has 0 aromatic rings. The van der Waals surface area contributed by atoms with Crippen LogP contribution in [0.2, 0.25) is 6.32 Å². The zero-order valence-electron chi connectivity index (χ0n) is 6.00. The van der Waals surface area contributed by atoms with Gasteiger partial charge < -0.3 is 12.9 Å². The molecule has 0 nitrogen and oxygen atoms in total. The van der Waals surface area contributed by atoms with E-state index in [1.807, 2.05) is 0 Å². The van der Waals surface area contributed by atoms with Crippen LogP contribution in [0.1, 0.15) is 13.8 Å². The van der Waals surface area contributed by atoms with Crippen LogP contribution in [0.25, 0.3) is 0 Å². The second kappa shape index (κ2) is 5.18. The third kappa shape index (κ3) is 12.6. The first-order chi connectivity index (χ1) is 3.42. The Morgan fingerprint density at radius 3 is 1.56 bits per heavy atom. The Morgan fingerprint density at radius 2 is 1.56 bits per heavy atom. The van der Waals surface area contributed by atoms with E-state index >= 15 is 0 Å². The largest absolute Gasteiger partial charge is 1.00 e. The molecular formula is C4H9BF3K. The summed E-state index contributed by atoms with van der Waals surface area (Å²) in [5.74, 6) is -0.255. The topological polar surface area (TPSA) is 0 Å². The molecule has 9 heavy (non-hydrogen) atoms. The van der Waals surface area contributed by atoms with E-state index in [1.165, 1.54) is 0 Å². The zero-order chi connectivity index (χ0) is 6.78. The van der Waals surface area contributed by atoms with Gasteiger partial charge in [0.2, 0.25) is 0 Å². The smallest absolute Gasteiger partial charge is 0.449 e. The molecule has 0 saturated heterocycles. The first-order valence-electron chi connectivity index (χ1n) is 2.63. The van der Waals surface area contributed by atoms with E-state index in [4.69, 9.17) is 0 Å². The van der Waals surface area contributed by atoms with Crippen molar-refractivity contribution in [2.24, 2.45) is 5.92 Å². The fraction of sp³-hybridized carbons (Fsp3) is 1.00. The summed E-state index contributed by atoms with van der Waals surface area (Å²) in [5, 5.41) is 0. The first-order valence-corrected chi connectivity index (χ1v) is 2.63. The van der Waals surface area contributed by atoms with Crippen molar-refractivity contribution in [1.82, 2.24) is 0 Å². The van der Waals surface area contributed by atoms with Gasteiger partial charge in [-0.05, 0) is 0 Å². The molecule has 0 aromatic carbocycles. The van der Waals surface area contributed by atoms with Crippen molar-refractivity contribution < 1.29 is 64.3 Å². The number of hydrogen-bond donors (Lipinski definition) is 0. The van der Waals surface area contributed by atoms with E-state index in [1.54, 1.807) is 13.8 Å². The molecule has 0 aliphatic carbocycles. The predicted octanol–water partition coefficient (Wildman–Crippen LogP) is -0.506. The summed E-state index contributed by atoms with van der Waals surface area (Å²) in [6, 6.07) is 0. The van der Waals surface area contributed by atoms with Crippen LogP contribution in [-0.2, 0) is 0 Å². The van der Waals surface area contributed by atoms with E-state index in [2.05, 4.69) is 0 Å². The van der Waals surface area contributed by atoms with Crippen LogP contribution >= 0.6 is 0 Å². The molecule has 0 N–H and O–H groups in total. The Kier molecular flexibility index (Phi) is 7.55. The van der Waals surface area contributed by atoms with Crippen LogP contribution in [0.4, 0.5) is 12.9 Å². The summed E-state index contributed by atoms with van der Waals surface area (Å²) in [7, 11) is 0. The maximum absolute atomic E-state index is 11.4. The summed E-state index contributed by atoms with van der Waals surface area (Å²) in [6.07, 6.45) is -0.611. The van der Waals surface area contributed by atoms with Crippen LogP contribution in [0, 0.1) is 5.92 Å². The predicted molar refractivity (Wildman–Crippen MR) is 28.7 cm³/mol. The molecule has 0 heterocycles. The van der Waals surface area contributed by atoms with Gasteiger partial charge in [0.05, 0.1) is 0 Å². The van der Waals surface area contributed by atoms with Crippen molar-refractivity contribution >= 4 is 6.98 Å². The van der Waals surface area contributed by atoms with Crippen molar-refractivity contribution in [3.63, 3.8) is 0 Å². The molecule has 0 radical (unpaired) electrons. The van der Waals surface area contributed by atoms with Crippen molar-refractivity contribution in [2.45, 2.75) is 20.2 Å². The quantitative estimate of drug-likeness (QED) is 0.482. The van der Waals surface area contributed by atoms with Crippen molar-refractivity contribution in [3.05, 3.63) is 0 Å². The average Bonchev–Trinajstić information content (AvgIpc) is 1.21. The minimum Gasteiger partial charge on any atom is -0.449 e. The third-order valence-electron chi connectivity index (χ3n) is 0.739. The monoisotopic (exact) mass is 164 g/mol. The molecule has 0 saturated carbocycles. The third-order valence-corrected chi connectivity index (χ3v) is 0.739. The number of rotatable bonds is 2. The Bertz CT molecular complexity index is 70.7. The van der Waals surface area contributed by atoms with Crippen LogP contribution in [0.3, 0.4) is 0 Å². The molecule has 0 unspecified atom stereocenters. The van der Waals surface area contributed by atoms with Gasteiger partial charge in [-0.2, -0.15) is 0 Å². The number of halogens is 3. The van der Waals surface area contributed by atoms with Gasteiger partial charge in [-0.3, -0.25) is 0 Å². The second-order valence-electron chi connectivity index (χ2n) is 2.34. The molecule has 0 bridgehead atoms. The van der Waals surface area contributed by atoms with Crippen molar-refractivity contribution in [2.75, 3.05) is 0 Å². The Labute approximate surface area is 96.1 Å². The fourth-order valence-corrected chi connectivity index (χ4v) is 0.535. The molecular weight excluding hydrogens is 155 g/mol. The second-order valence-corrected chi connectivity index (χ2v) is 2.34. The van der Waals surface area contributed by atoms with Crippen LogP contribution in [-0.4, -0.2) is 6.98 Å². The van der Waals surface area contributed by atoms with E-state index in [0.29, 0.717) is 0 Å². The molecule has 50 valence electrons. The normalized spacial score (nSPS) is 11.3. The van der Waals surface area contributed by atoms with Crippen LogP contribution in [0.15, 0.2) is 0 Å². The van der Waals surface area contributed by atoms with Gasteiger partial charge >= 0.3 is 58.4 Å². The van der Waals surface area contributed by atoms with Crippen molar-refractivity contribution in [3.8, 4) is 0 Å². The molecule has 0 spiro atoms. The Morgan fingerprint density at radius 1 is 1.22 bits per heavy atom. The molecule has 0 fully saturated rings. The molecule has 5 heteroatoms. The minimum atomic E-state index is -4.54. The fourth-order valence-electron chi connectivity index (χ4n) is 0.535. The molecule has 0 rings (SSSR count).